The van der Waals surface area contributed by atoms with Crippen LogP contribution < -0.4 is 9.64 Å². The van der Waals surface area contributed by atoms with Gasteiger partial charge in [0.2, 0.25) is 5.91 Å². The van der Waals surface area contributed by atoms with E-state index in [0.717, 1.165) is 48.8 Å². The summed E-state index contributed by atoms with van der Waals surface area (Å²) in [6.07, 6.45) is 6.80. The largest absolute Gasteiger partial charge is 0.490 e. The normalized spacial score (nSPS) is 22.0. The molecule has 2 aliphatic carbocycles. The summed E-state index contributed by atoms with van der Waals surface area (Å²) in [6.45, 7) is 2.33. The second-order valence-electron chi connectivity index (χ2n) is 11.0. The second-order valence-corrected chi connectivity index (χ2v) is 11.4. The van der Waals surface area contributed by atoms with Crippen molar-refractivity contribution < 1.29 is 19.4 Å². The number of rotatable bonds is 6. The minimum Gasteiger partial charge on any atom is -0.490 e. The third kappa shape index (κ3) is 4.80. The van der Waals surface area contributed by atoms with Crippen LogP contribution in [-0.2, 0) is 21.4 Å². The lowest BCUT2D eigenvalue weighted by Crippen LogP contribution is -2.47. The first-order valence-electron chi connectivity index (χ1n) is 13.0. The van der Waals surface area contributed by atoms with Crippen LogP contribution in [0.2, 0.25) is 5.02 Å². The number of carbonyl (C=O) groups excluding carboxylic acids is 1. The van der Waals surface area contributed by atoms with Crippen LogP contribution in [0.15, 0.2) is 36.4 Å². The van der Waals surface area contributed by atoms with E-state index in [1.165, 1.54) is 35.3 Å². The molecule has 2 atom stereocenters. The van der Waals surface area contributed by atoms with Crippen LogP contribution in [0.4, 0.5) is 5.69 Å². The van der Waals surface area contributed by atoms with E-state index in [-0.39, 0.29) is 17.7 Å². The molecule has 1 aliphatic heterocycles. The molecule has 1 spiro atoms. The number of halogens is 1. The Labute approximate surface area is 218 Å². The van der Waals surface area contributed by atoms with Gasteiger partial charge in [-0.2, -0.15) is 0 Å². The molecule has 3 aliphatic rings. The molecule has 1 saturated carbocycles. The molecule has 36 heavy (non-hydrogen) atoms. The number of carboxylic acid groups (broad SMARTS) is 1. The summed E-state index contributed by atoms with van der Waals surface area (Å²) in [4.78, 5) is 28.5. The SMILES string of the molecule is CN(C)C(=O)CC(C(=O)O)c1ccc2c(c1)N(CC1CCC1)C[C@@]1(CCCc3cc(Cl)ccc31)CO2. The Bertz CT molecular complexity index is 1160. The zero-order valence-corrected chi connectivity index (χ0v) is 21.9. The van der Waals surface area contributed by atoms with Gasteiger partial charge in [0.25, 0.3) is 0 Å². The highest BCUT2D eigenvalue weighted by molar-refractivity contribution is 6.30. The molecule has 7 heteroatoms. The molecule has 0 radical (unpaired) electrons. The van der Waals surface area contributed by atoms with Gasteiger partial charge in [0.15, 0.2) is 0 Å². The van der Waals surface area contributed by atoms with Crippen LogP contribution >= 0.6 is 11.6 Å². The van der Waals surface area contributed by atoms with Gasteiger partial charge in [-0.15, -0.1) is 0 Å². The van der Waals surface area contributed by atoms with Crippen molar-refractivity contribution in [3.8, 4) is 5.75 Å². The van der Waals surface area contributed by atoms with Crippen molar-refractivity contribution in [3.63, 3.8) is 0 Å². The smallest absolute Gasteiger partial charge is 0.311 e. The maximum Gasteiger partial charge on any atom is 0.311 e. The van der Waals surface area contributed by atoms with Crippen LogP contribution in [0.3, 0.4) is 0 Å². The number of anilines is 1. The summed E-state index contributed by atoms with van der Waals surface area (Å²) < 4.78 is 6.51. The van der Waals surface area contributed by atoms with E-state index in [1.807, 2.05) is 24.3 Å². The Morgan fingerprint density at radius 1 is 1.19 bits per heavy atom. The molecule has 6 nitrogen and oxygen atoms in total. The average Bonchev–Trinajstić information content (AvgIpc) is 2.96. The maximum absolute atomic E-state index is 12.4. The van der Waals surface area contributed by atoms with Gasteiger partial charge in [-0.1, -0.05) is 30.2 Å². The van der Waals surface area contributed by atoms with Crippen molar-refractivity contribution >= 4 is 29.2 Å². The second kappa shape index (κ2) is 9.97. The summed E-state index contributed by atoms with van der Waals surface area (Å²) in [5.74, 6) is -0.656. The molecule has 0 saturated heterocycles. The van der Waals surface area contributed by atoms with E-state index in [4.69, 9.17) is 16.3 Å². The number of benzene rings is 2. The van der Waals surface area contributed by atoms with Crippen molar-refractivity contribution in [1.82, 2.24) is 4.90 Å². The van der Waals surface area contributed by atoms with E-state index in [1.54, 1.807) is 14.1 Å². The number of hydrogen-bond donors (Lipinski definition) is 1. The van der Waals surface area contributed by atoms with Gasteiger partial charge in [0, 0.05) is 44.0 Å². The number of ether oxygens (including phenoxy) is 1. The lowest BCUT2D eigenvalue weighted by molar-refractivity contribution is -0.142. The number of aryl methyl sites for hydroxylation is 1. The fraction of sp³-hybridized carbons (Fsp3) is 0.517. The van der Waals surface area contributed by atoms with Crippen LogP contribution in [0, 0.1) is 5.92 Å². The van der Waals surface area contributed by atoms with Gasteiger partial charge in [-0.05, 0) is 79.0 Å². The van der Waals surface area contributed by atoms with Gasteiger partial charge in [0.05, 0.1) is 18.2 Å². The van der Waals surface area contributed by atoms with Crippen LogP contribution in [0.1, 0.15) is 61.1 Å². The number of hydrogen-bond acceptors (Lipinski definition) is 4. The average molecular weight is 511 g/mol. The molecular weight excluding hydrogens is 476 g/mol. The monoisotopic (exact) mass is 510 g/mol. The minimum atomic E-state index is -0.986. The Morgan fingerprint density at radius 3 is 2.69 bits per heavy atom. The zero-order valence-electron chi connectivity index (χ0n) is 21.1. The quantitative estimate of drug-likeness (QED) is 0.574. The number of carbonyl (C=O) groups is 2. The van der Waals surface area contributed by atoms with Crippen LogP contribution in [0.25, 0.3) is 0 Å². The molecule has 1 fully saturated rings. The number of fused-ring (bicyclic) bond motifs is 3. The first-order chi connectivity index (χ1) is 17.3. The van der Waals surface area contributed by atoms with Gasteiger partial charge in [0.1, 0.15) is 5.75 Å². The molecule has 1 heterocycles. The molecule has 0 bridgehead atoms. The third-order valence-corrected chi connectivity index (χ3v) is 8.58. The Balaban J connectivity index is 1.53. The first-order valence-corrected chi connectivity index (χ1v) is 13.4. The lowest BCUT2D eigenvalue weighted by atomic mass is 9.70. The number of amides is 1. The predicted octanol–water partition coefficient (Wildman–Crippen LogP) is 5.26. The highest BCUT2D eigenvalue weighted by Crippen LogP contribution is 2.46. The Kier molecular flexibility index (Phi) is 6.90. The number of aliphatic carboxylic acids is 1. The van der Waals surface area contributed by atoms with Crippen molar-refractivity contribution in [3.05, 3.63) is 58.1 Å². The topological polar surface area (TPSA) is 70.1 Å². The molecule has 2 aromatic rings. The highest BCUT2D eigenvalue weighted by atomic mass is 35.5. The summed E-state index contributed by atoms with van der Waals surface area (Å²) in [6, 6.07) is 11.9. The fourth-order valence-electron chi connectivity index (χ4n) is 6.04. The molecule has 5 rings (SSSR count). The number of carboxylic acids is 1. The van der Waals surface area contributed by atoms with Crippen molar-refractivity contribution in [2.75, 3.05) is 38.7 Å². The zero-order chi connectivity index (χ0) is 25.4. The minimum absolute atomic E-state index is 0.0668. The number of nitrogens with zero attached hydrogens (tertiary/aromatic N) is 2. The molecule has 1 unspecified atom stereocenters. The fourth-order valence-corrected chi connectivity index (χ4v) is 6.23. The van der Waals surface area contributed by atoms with E-state index in [2.05, 4.69) is 17.0 Å². The van der Waals surface area contributed by atoms with E-state index in [0.29, 0.717) is 18.1 Å². The summed E-state index contributed by atoms with van der Waals surface area (Å²) in [5.41, 5.74) is 4.07. The third-order valence-electron chi connectivity index (χ3n) is 8.34. The summed E-state index contributed by atoms with van der Waals surface area (Å²) in [7, 11) is 3.31. The predicted molar refractivity (Wildman–Crippen MR) is 141 cm³/mol. The van der Waals surface area contributed by atoms with Crippen LogP contribution in [-0.4, -0.2) is 55.7 Å². The Hall–Kier alpha value is -2.73. The van der Waals surface area contributed by atoms with Crippen molar-refractivity contribution in [2.45, 2.75) is 56.3 Å². The van der Waals surface area contributed by atoms with E-state index < -0.39 is 11.9 Å². The standard InChI is InChI=1S/C29H35ClN2O4/c1-31(2)27(33)15-23(28(34)35)20-8-11-26-25(14-20)32(16-19-5-3-6-19)17-29(18-36-26)12-4-7-21-13-22(30)9-10-24(21)29/h8-11,13-14,19,23H,3-7,12,15-18H2,1-2H3,(H,34,35)/t23?,29-/m0/s1. The van der Waals surface area contributed by atoms with Gasteiger partial charge < -0.3 is 19.6 Å². The molecule has 0 aromatic heterocycles. The van der Waals surface area contributed by atoms with Crippen LogP contribution in [0.5, 0.6) is 5.75 Å². The van der Waals surface area contributed by atoms with Crippen molar-refractivity contribution in [2.24, 2.45) is 5.92 Å². The van der Waals surface area contributed by atoms with E-state index >= 15 is 0 Å². The Morgan fingerprint density at radius 2 is 2.00 bits per heavy atom. The summed E-state index contributed by atoms with van der Waals surface area (Å²) >= 11 is 6.34. The molecule has 1 N–H and O–H groups in total. The summed E-state index contributed by atoms with van der Waals surface area (Å²) in [5, 5.41) is 10.7. The van der Waals surface area contributed by atoms with Gasteiger partial charge >= 0.3 is 5.97 Å². The molecule has 2 aromatic carbocycles. The maximum atomic E-state index is 12.4. The highest BCUT2D eigenvalue weighted by Gasteiger charge is 2.42. The molecule has 1 amide bonds. The van der Waals surface area contributed by atoms with Gasteiger partial charge in [-0.25, -0.2) is 0 Å². The van der Waals surface area contributed by atoms with Crippen molar-refractivity contribution in [1.29, 1.82) is 0 Å². The van der Waals surface area contributed by atoms with E-state index in [9.17, 15) is 14.7 Å². The molecule has 192 valence electrons. The first kappa shape index (κ1) is 24.9. The molecular formula is C29H35ClN2O4. The van der Waals surface area contributed by atoms with Gasteiger partial charge in [-0.3, -0.25) is 9.59 Å². The lowest BCUT2D eigenvalue weighted by Gasteiger charge is -2.42.